The van der Waals surface area contributed by atoms with E-state index in [1.807, 2.05) is 18.7 Å². The van der Waals surface area contributed by atoms with Crippen LogP contribution in [0.4, 0.5) is 0 Å². The van der Waals surface area contributed by atoms with Gasteiger partial charge in [0.1, 0.15) is 0 Å². The molecule has 132 valence electrons. The van der Waals surface area contributed by atoms with Crippen molar-refractivity contribution in [3.8, 4) is 0 Å². The van der Waals surface area contributed by atoms with E-state index in [-0.39, 0.29) is 37.2 Å². The summed E-state index contributed by atoms with van der Waals surface area (Å²) in [7, 11) is 1.68. The lowest BCUT2D eigenvalue weighted by Gasteiger charge is -2.36. The Kier molecular flexibility index (Phi) is 5.96. The number of likely N-dealkylation sites (tertiary alicyclic amines) is 1. The number of rotatable bonds is 5. The van der Waals surface area contributed by atoms with Crippen LogP contribution in [0.15, 0.2) is 0 Å². The fourth-order valence-corrected chi connectivity index (χ4v) is 3.41. The van der Waals surface area contributed by atoms with Gasteiger partial charge in [0.05, 0.1) is 31.4 Å². The van der Waals surface area contributed by atoms with E-state index in [0.717, 1.165) is 0 Å². The van der Waals surface area contributed by atoms with Crippen molar-refractivity contribution < 1.29 is 24.5 Å². The molecule has 2 rings (SSSR count). The van der Waals surface area contributed by atoms with Crippen LogP contribution in [0, 0.1) is 0 Å². The number of aliphatic carboxylic acids is 1. The number of carboxylic acid groups (broad SMARTS) is 1. The molecule has 8 heteroatoms. The zero-order valence-corrected chi connectivity index (χ0v) is 14.0. The van der Waals surface area contributed by atoms with E-state index in [0.29, 0.717) is 26.2 Å². The van der Waals surface area contributed by atoms with E-state index in [2.05, 4.69) is 0 Å². The second-order valence-corrected chi connectivity index (χ2v) is 6.69. The quantitative estimate of drug-likeness (QED) is 0.646. The molecule has 8 nitrogen and oxygen atoms in total. The summed E-state index contributed by atoms with van der Waals surface area (Å²) in [5.41, 5.74) is 0. The Labute approximate surface area is 136 Å². The molecule has 23 heavy (non-hydrogen) atoms. The highest BCUT2D eigenvalue weighted by molar-refractivity contribution is 5.78. The molecule has 2 fully saturated rings. The van der Waals surface area contributed by atoms with Gasteiger partial charge in [-0.1, -0.05) is 0 Å². The molecule has 2 aliphatic heterocycles. The molecule has 1 amide bonds. The molecule has 4 atom stereocenters. The summed E-state index contributed by atoms with van der Waals surface area (Å²) in [6.45, 7) is 6.07. The smallest absolute Gasteiger partial charge is 0.317 e. The lowest BCUT2D eigenvalue weighted by atomic mass is 10.2. The maximum Gasteiger partial charge on any atom is 0.317 e. The topological polar surface area (TPSA) is 93.6 Å². The minimum Gasteiger partial charge on any atom is -0.480 e. The van der Waals surface area contributed by atoms with Crippen LogP contribution in [0.3, 0.4) is 0 Å². The number of morpholine rings is 1. The van der Waals surface area contributed by atoms with Crippen molar-refractivity contribution >= 4 is 11.9 Å². The van der Waals surface area contributed by atoms with E-state index in [9.17, 15) is 14.7 Å². The molecule has 2 heterocycles. The van der Waals surface area contributed by atoms with Gasteiger partial charge in [0.25, 0.3) is 0 Å². The summed E-state index contributed by atoms with van der Waals surface area (Å²) < 4.78 is 5.63. The predicted octanol–water partition coefficient (Wildman–Crippen LogP) is -1.32. The normalized spacial score (nSPS) is 32.5. The third kappa shape index (κ3) is 4.87. The van der Waals surface area contributed by atoms with E-state index in [1.165, 1.54) is 0 Å². The predicted molar refractivity (Wildman–Crippen MR) is 83.1 cm³/mol. The molecule has 0 spiro atoms. The van der Waals surface area contributed by atoms with E-state index in [1.54, 1.807) is 16.8 Å². The van der Waals surface area contributed by atoms with Crippen LogP contribution in [0.25, 0.3) is 0 Å². The van der Waals surface area contributed by atoms with Crippen LogP contribution >= 0.6 is 0 Å². The van der Waals surface area contributed by atoms with Crippen LogP contribution in [0.1, 0.15) is 13.8 Å². The first-order valence-corrected chi connectivity index (χ1v) is 8.02. The minimum atomic E-state index is -0.925. The molecule has 0 aliphatic carbocycles. The van der Waals surface area contributed by atoms with Crippen molar-refractivity contribution in [2.75, 3.05) is 46.3 Å². The van der Waals surface area contributed by atoms with E-state index in [4.69, 9.17) is 9.84 Å². The molecule has 0 aromatic carbocycles. The van der Waals surface area contributed by atoms with Crippen LogP contribution in [-0.2, 0) is 14.3 Å². The standard InChI is InChI=1S/C15H27N3O5/c1-10-4-18(5-11(2)23-10)14(20)8-17-6-12(13(19)7-17)16(3)9-15(21)22/h10-13,19H,4-9H2,1-3H3,(H,21,22)/t10?,11?,12?,13-/m1/s1. The molecule has 3 unspecified atom stereocenters. The van der Waals surface area contributed by atoms with Crippen LogP contribution in [0.5, 0.6) is 0 Å². The number of aliphatic hydroxyl groups is 1. The number of carbonyl (C=O) groups is 2. The minimum absolute atomic E-state index is 0.0285. The highest BCUT2D eigenvalue weighted by Crippen LogP contribution is 2.16. The lowest BCUT2D eigenvalue weighted by molar-refractivity contribution is -0.144. The molecule has 0 radical (unpaired) electrons. The maximum atomic E-state index is 12.4. The van der Waals surface area contributed by atoms with Gasteiger partial charge in [0, 0.05) is 32.2 Å². The molecule has 2 aliphatic rings. The number of ether oxygens (including phenoxy) is 1. The van der Waals surface area contributed by atoms with Crippen molar-refractivity contribution in [2.45, 2.75) is 38.2 Å². The van der Waals surface area contributed by atoms with Gasteiger partial charge in [-0.2, -0.15) is 0 Å². The first-order valence-electron chi connectivity index (χ1n) is 8.02. The molecular formula is C15H27N3O5. The maximum absolute atomic E-state index is 12.4. The second-order valence-electron chi connectivity index (χ2n) is 6.69. The number of carbonyl (C=O) groups excluding carboxylic acids is 1. The van der Waals surface area contributed by atoms with Crippen molar-refractivity contribution in [1.29, 1.82) is 0 Å². The summed E-state index contributed by atoms with van der Waals surface area (Å²) in [5, 5.41) is 19.0. The van der Waals surface area contributed by atoms with Crippen molar-refractivity contribution in [3.63, 3.8) is 0 Å². The molecule has 0 saturated carbocycles. The zero-order chi connectivity index (χ0) is 17.1. The van der Waals surface area contributed by atoms with Crippen LogP contribution < -0.4 is 0 Å². The van der Waals surface area contributed by atoms with Crippen molar-refractivity contribution in [3.05, 3.63) is 0 Å². The Balaban J connectivity index is 1.86. The van der Waals surface area contributed by atoms with Gasteiger partial charge in [0.15, 0.2) is 0 Å². The van der Waals surface area contributed by atoms with Crippen molar-refractivity contribution in [1.82, 2.24) is 14.7 Å². The molecule has 0 aromatic rings. The number of amides is 1. The van der Waals surface area contributed by atoms with Crippen LogP contribution in [-0.4, -0.2) is 107 Å². The van der Waals surface area contributed by atoms with Crippen molar-refractivity contribution in [2.24, 2.45) is 0 Å². The number of likely N-dealkylation sites (N-methyl/N-ethyl adjacent to an activating group) is 1. The van der Waals surface area contributed by atoms with Gasteiger partial charge in [0.2, 0.25) is 5.91 Å². The Bertz CT molecular complexity index is 437. The summed E-state index contributed by atoms with van der Waals surface area (Å²) >= 11 is 0. The highest BCUT2D eigenvalue weighted by atomic mass is 16.5. The van der Waals surface area contributed by atoms with Gasteiger partial charge in [-0.3, -0.25) is 19.4 Å². The fraction of sp³-hybridized carbons (Fsp3) is 0.867. The zero-order valence-electron chi connectivity index (χ0n) is 14.0. The van der Waals surface area contributed by atoms with E-state index < -0.39 is 12.1 Å². The average molecular weight is 329 g/mol. The monoisotopic (exact) mass is 329 g/mol. The van der Waals surface area contributed by atoms with Gasteiger partial charge < -0.3 is 19.8 Å². The largest absolute Gasteiger partial charge is 0.480 e. The summed E-state index contributed by atoms with van der Waals surface area (Å²) in [4.78, 5) is 28.6. The molecule has 2 N–H and O–H groups in total. The molecule has 0 aromatic heterocycles. The van der Waals surface area contributed by atoms with Gasteiger partial charge in [-0.05, 0) is 20.9 Å². The Morgan fingerprint density at radius 1 is 1.17 bits per heavy atom. The second kappa shape index (κ2) is 7.57. The fourth-order valence-electron chi connectivity index (χ4n) is 3.41. The molecule has 0 bridgehead atoms. The highest BCUT2D eigenvalue weighted by Gasteiger charge is 2.36. The number of aliphatic hydroxyl groups excluding tert-OH is 1. The first kappa shape index (κ1) is 18.1. The number of nitrogens with zero attached hydrogens (tertiary/aromatic N) is 3. The van der Waals surface area contributed by atoms with Gasteiger partial charge in [-0.15, -0.1) is 0 Å². The van der Waals surface area contributed by atoms with Crippen LogP contribution in [0.2, 0.25) is 0 Å². The molecule has 2 saturated heterocycles. The Morgan fingerprint density at radius 2 is 1.78 bits per heavy atom. The summed E-state index contributed by atoms with van der Waals surface area (Å²) in [6, 6.07) is -0.263. The number of hydrogen-bond donors (Lipinski definition) is 2. The Hall–Kier alpha value is -1.22. The van der Waals surface area contributed by atoms with E-state index >= 15 is 0 Å². The number of carboxylic acids is 1. The summed E-state index contributed by atoms with van der Waals surface area (Å²) in [5.74, 6) is -0.897. The third-order valence-electron chi connectivity index (χ3n) is 4.42. The first-order chi connectivity index (χ1) is 10.8. The van der Waals surface area contributed by atoms with Gasteiger partial charge >= 0.3 is 5.97 Å². The molecular weight excluding hydrogens is 302 g/mol. The Morgan fingerprint density at radius 3 is 2.35 bits per heavy atom. The SMILES string of the molecule is CC1CN(C(=O)CN2CC(N(C)CC(=O)O)[C@H](O)C2)CC(C)O1. The lowest BCUT2D eigenvalue weighted by Crippen LogP contribution is -2.51. The summed E-state index contributed by atoms with van der Waals surface area (Å²) in [6.07, 6.45) is -0.586. The average Bonchev–Trinajstić information content (AvgIpc) is 2.77. The number of hydrogen-bond acceptors (Lipinski definition) is 6. The van der Waals surface area contributed by atoms with Gasteiger partial charge in [-0.25, -0.2) is 0 Å². The number of β-amino-alcohol motifs (C(OH)–C–C–N with tert-alkyl or cyclic N) is 1. The third-order valence-corrected chi connectivity index (χ3v) is 4.42.